The second-order valence-electron chi connectivity index (χ2n) is 4.90. The highest BCUT2D eigenvalue weighted by atomic mass is 32.2. The fourth-order valence-electron chi connectivity index (χ4n) is 2.56. The number of methoxy groups -OCH3 is 1. The van der Waals surface area contributed by atoms with Gasteiger partial charge in [-0.05, 0) is 25.1 Å². The number of hydrogen-bond acceptors (Lipinski definition) is 3. The van der Waals surface area contributed by atoms with Crippen LogP contribution in [0.3, 0.4) is 0 Å². The van der Waals surface area contributed by atoms with E-state index < -0.39 is 0 Å². The number of amides is 1. The van der Waals surface area contributed by atoms with Crippen LogP contribution >= 0.6 is 11.8 Å². The molecule has 4 nitrogen and oxygen atoms in total. The van der Waals surface area contributed by atoms with Crippen molar-refractivity contribution in [3.05, 3.63) is 48.3 Å². The minimum atomic E-state index is 0.134. The molecule has 1 aliphatic rings. The summed E-state index contributed by atoms with van der Waals surface area (Å²) in [7, 11) is 1.67. The molecule has 0 radical (unpaired) electrons. The number of carbonyl (C=O) groups excluding carboxylic acids is 1. The maximum absolute atomic E-state index is 11.8. The van der Waals surface area contributed by atoms with E-state index in [1.807, 2.05) is 42.3 Å². The topological polar surface area (TPSA) is 34.5 Å². The molecule has 1 atom stereocenters. The molecule has 21 heavy (non-hydrogen) atoms. The Morgan fingerprint density at radius 1 is 1.38 bits per heavy atom. The third kappa shape index (κ3) is 2.65. The van der Waals surface area contributed by atoms with Crippen LogP contribution in [0.2, 0.25) is 0 Å². The Hall–Kier alpha value is -1.88. The number of rotatable bonds is 4. The zero-order valence-electron chi connectivity index (χ0n) is 12.2. The van der Waals surface area contributed by atoms with Crippen LogP contribution in [-0.2, 0) is 4.79 Å². The molecule has 5 heteroatoms. The molecular formula is C16H18N2O2S. The average Bonchev–Trinajstić information content (AvgIpc) is 3.13. The first-order chi connectivity index (χ1) is 10.2. The third-order valence-corrected chi connectivity index (χ3v) is 4.92. The second kappa shape index (κ2) is 5.85. The minimum absolute atomic E-state index is 0.134. The zero-order chi connectivity index (χ0) is 14.8. The lowest BCUT2D eigenvalue weighted by molar-refractivity contribution is -0.127. The van der Waals surface area contributed by atoms with E-state index in [4.69, 9.17) is 4.74 Å². The van der Waals surface area contributed by atoms with Gasteiger partial charge in [-0.2, -0.15) is 0 Å². The molecular weight excluding hydrogens is 284 g/mol. The smallest absolute Gasteiger partial charge is 0.233 e. The average molecular weight is 302 g/mol. The van der Waals surface area contributed by atoms with E-state index in [0.717, 1.165) is 23.5 Å². The highest BCUT2D eigenvalue weighted by Gasteiger charge is 2.31. The van der Waals surface area contributed by atoms with Crippen molar-refractivity contribution in [3.63, 3.8) is 0 Å². The molecule has 1 saturated heterocycles. The summed E-state index contributed by atoms with van der Waals surface area (Å²) in [5, 5.41) is 0.134. The molecule has 2 aromatic rings. The fourth-order valence-corrected chi connectivity index (χ4v) is 3.81. The van der Waals surface area contributed by atoms with Gasteiger partial charge in [0, 0.05) is 36.3 Å². The van der Waals surface area contributed by atoms with Crippen molar-refractivity contribution >= 4 is 17.7 Å². The predicted octanol–water partition coefficient (Wildman–Crippen LogP) is 3.08. The van der Waals surface area contributed by atoms with Crippen molar-refractivity contribution in [2.45, 2.75) is 12.3 Å². The third-order valence-electron chi connectivity index (χ3n) is 3.66. The number of aromatic nitrogens is 1. The summed E-state index contributed by atoms with van der Waals surface area (Å²) in [6, 6.07) is 10.0. The maximum Gasteiger partial charge on any atom is 0.233 e. The molecule has 1 fully saturated rings. The van der Waals surface area contributed by atoms with Crippen LogP contribution in [0.15, 0.2) is 42.7 Å². The second-order valence-corrected chi connectivity index (χ2v) is 5.97. The van der Waals surface area contributed by atoms with Crippen LogP contribution in [0.1, 0.15) is 17.9 Å². The van der Waals surface area contributed by atoms with Gasteiger partial charge >= 0.3 is 0 Å². The van der Waals surface area contributed by atoms with Crippen LogP contribution < -0.4 is 4.74 Å². The SMILES string of the molecule is CCN1C(=O)CS[C@@H]1c1ccn(-c2cccc(OC)c2)c1. The number of hydrogen-bond donors (Lipinski definition) is 0. The first-order valence-electron chi connectivity index (χ1n) is 6.96. The molecule has 1 aliphatic heterocycles. The largest absolute Gasteiger partial charge is 0.497 e. The van der Waals surface area contributed by atoms with Crippen LogP contribution in [0.4, 0.5) is 0 Å². The molecule has 0 N–H and O–H groups in total. The van der Waals surface area contributed by atoms with E-state index in [1.54, 1.807) is 18.9 Å². The van der Waals surface area contributed by atoms with Crippen molar-refractivity contribution in [2.24, 2.45) is 0 Å². The Balaban J connectivity index is 1.88. The van der Waals surface area contributed by atoms with Crippen LogP contribution in [0, 0.1) is 0 Å². The molecule has 1 amide bonds. The van der Waals surface area contributed by atoms with Crippen molar-refractivity contribution in [3.8, 4) is 11.4 Å². The van der Waals surface area contributed by atoms with Gasteiger partial charge in [-0.25, -0.2) is 0 Å². The molecule has 2 heterocycles. The quantitative estimate of drug-likeness (QED) is 0.870. The molecule has 0 aliphatic carbocycles. The van der Waals surface area contributed by atoms with Gasteiger partial charge in [0.05, 0.1) is 12.9 Å². The number of carbonyl (C=O) groups is 1. The Labute approximate surface area is 128 Å². The van der Waals surface area contributed by atoms with Crippen LogP contribution in [0.25, 0.3) is 5.69 Å². The van der Waals surface area contributed by atoms with Crippen LogP contribution in [-0.4, -0.2) is 34.8 Å². The molecule has 0 spiro atoms. The van der Waals surface area contributed by atoms with E-state index >= 15 is 0 Å². The Kier molecular flexibility index (Phi) is 3.92. The summed E-state index contributed by atoms with van der Waals surface area (Å²) in [4.78, 5) is 13.8. The number of benzene rings is 1. The number of nitrogens with zero attached hydrogens (tertiary/aromatic N) is 2. The minimum Gasteiger partial charge on any atom is -0.497 e. The summed E-state index contributed by atoms with van der Waals surface area (Å²) < 4.78 is 7.33. The first kappa shape index (κ1) is 14.1. The Bertz CT molecular complexity index is 653. The predicted molar refractivity (Wildman–Crippen MR) is 84.9 cm³/mol. The molecule has 110 valence electrons. The van der Waals surface area contributed by atoms with Crippen LogP contribution in [0.5, 0.6) is 5.75 Å². The summed E-state index contributed by atoms with van der Waals surface area (Å²) >= 11 is 1.69. The molecule has 3 rings (SSSR count). The monoisotopic (exact) mass is 302 g/mol. The van der Waals surface area contributed by atoms with Gasteiger partial charge in [-0.15, -0.1) is 11.8 Å². The molecule has 1 aromatic carbocycles. The lowest BCUT2D eigenvalue weighted by atomic mass is 10.3. The summed E-state index contributed by atoms with van der Waals surface area (Å²) in [5.74, 6) is 1.63. The lowest BCUT2D eigenvalue weighted by Gasteiger charge is -2.21. The molecule has 1 aromatic heterocycles. The van der Waals surface area contributed by atoms with Gasteiger partial charge < -0.3 is 14.2 Å². The van der Waals surface area contributed by atoms with Crippen molar-refractivity contribution in [1.82, 2.24) is 9.47 Å². The maximum atomic E-state index is 11.8. The zero-order valence-corrected chi connectivity index (χ0v) is 13.0. The van der Waals surface area contributed by atoms with Crippen molar-refractivity contribution in [2.75, 3.05) is 19.4 Å². The van der Waals surface area contributed by atoms with E-state index in [0.29, 0.717) is 5.75 Å². The normalized spacial score (nSPS) is 18.3. The summed E-state index contributed by atoms with van der Waals surface area (Å²) in [6.45, 7) is 2.77. The summed E-state index contributed by atoms with van der Waals surface area (Å²) in [5.41, 5.74) is 2.22. The van der Waals surface area contributed by atoms with Crippen molar-refractivity contribution in [1.29, 1.82) is 0 Å². The van der Waals surface area contributed by atoms with Gasteiger partial charge in [0.2, 0.25) is 5.91 Å². The lowest BCUT2D eigenvalue weighted by Crippen LogP contribution is -2.27. The van der Waals surface area contributed by atoms with Gasteiger partial charge in [0.25, 0.3) is 0 Å². The highest BCUT2D eigenvalue weighted by Crippen LogP contribution is 2.38. The van der Waals surface area contributed by atoms with E-state index in [9.17, 15) is 4.79 Å². The number of ether oxygens (including phenoxy) is 1. The Morgan fingerprint density at radius 3 is 3.00 bits per heavy atom. The highest BCUT2D eigenvalue weighted by molar-refractivity contribution is 8.00. The standard InChI is InChI=1S/C16H18N2O2S/c1-3-18-15(19)11-21-16(18)12-7-8-17(10-12)13-5-4-6-14(9-13)20-2/h4-10,16H,3,11H2,1-2H3/t16-/m1/s1. The molecule has 0 saturated carbocycles. The number of thioether (sulfide) groups is 1. The molecule has 0 bridgehead atoms. The van der Waals surface area contributed by atoms with Gasteiger partial charge in [-0.3, -0.25) is 4.79 Å². The summed E-state index contributed by atoms with van der Waals surface area (Å²) in [6.07, 6.45) is 4.12. The Morgan fingerprint density at radius 2 is 2.24 bits per heavy atom. The first-order valence-corrected chi connectivity index (χ1v) is 8.01. The van der Waals surface area contributed by atoms with Gasteiger partial charge in [0.15, 0.2) is 0 Å². The fraction of sp³-hybridized carbons (Fsp3) is 0.312. The van der Waals surface area contributed by atoms with E-state index in [2.05, 4.69) is 16.8 Å². The van der Waals surface area contributed by atoms with Gasteiger partial charge in [-0.1, -0.05) is 6.07 Å². The van der Waals surface area contributed by atoms with Crippen molar-refractivity contribution < 1.29 is 9.53 Å². The molecule has 0 unspecified atom stereocenters. The van der Waals surface area contributed by atoms with E-state index in [1.165, 1.54) is 0 Å². The van der Waals surface area contributed by atoms with E-state index in [-0.39, 0.29) is 11.3 Å². The van der Waals surface area contributed by atoms with Gasteiger partial charge in [0.1, 0.15) is 11.1 Å².